The van der Waals surface area contributed by atoms with Gasteiger partial charge in [-0.3, -0.25) is 4.79 Å². The van der Waals surface area contributed by atoms with Crippen LogP contribution in [0.4, 0.5) is 24.5 Å². The molecule has 2 N–H and O–H groups in total. The topological polar surface area (TPSA) is 60.5 Å². The Morgan fingerprint density at radius 3 is 2.57 bits per heavy atom. The number of thiocarbonyl (C=S) groups is 1. The number of aromatic nitrogens is 1. The predicted octanol–water partition coefficient (Wildman–Crippen LogP) is 5.48. The Kier molecular flexibility index (Phi) is 8.16. The van der Waals surface area contributed by atoms with E-state index in [2.05, 4.69) is 27.4 Å². The van der Waals surface area contributed by atoms with Crippen LogP contribution in [-0.4, -0.2) is 53.6 Å². The largest absolute Gasteiger partial charge is 0.416 e. The maximum absolute atomic E-state index is 13.3. The second-order valence-electron chi connectivity index (χ2n) is 8.94. The molecule has 1 aromatic carbocycles. The van der Waals surface area contributed by atoms with Gasteiger partial charge < -0.3 is 20.4 Å². The molecule has 190 valence electrons. The summed E-state index contributed by atoms with van der Waals surface area (Å²) < 4.78 is 40.0. The van der Waals surface area contributed by atoms with Crippen LogP contribution in [0, 0.1) is 0 Å². The van der Waals surface area contributed by atoms with Crippen LogP contribution in [0.5, 0.6) is 0 Å². The number of amides is 1. The molecule has 1 amide bonds. The van der Waals surface area contributed by atoms with Gasteiger partial charge in [0, 0.05) is 44.0 Å². The number of hydrogen-bond donors (Lipinski definition) is 2. The second kappa shape index (κ2) is 11.1. The summed E-state index contributed by atoms with van der Waals surface area (Å²) in [5, 5.41) is 9.30. The number of benzene rings is 1. The number of anilines is 2. The number of nitrogens with zero attached hydrogens (tertiary/aromatic N) is 3. The van der Waals surface area contributed by atoms with Gasteiger partial charge in [0.15, 0.2) is 5.11 Å². The summed E-state index contributed by atoms with van der Waals surface area (Å²) in [4.78, 5) is 21.7. The van der Waals surface area contributed by atoms with Gasteiger partial charge in [-0.05, 0) is 62.5 Å². The Balaban J connectivity index is 1.43. The Labute approximate surface area is 212 Å². The van der Waals surface area contributed by atoms with Crippen molar-refractivity contribution >= 4 is 45.9 Å². The summed E-state index contributed by atoms with van der Waals surface area (Å²) in [5.41, 5.74) is 0.229. The zero-order chi connectivity index (χ0) is 25.0. The molecule has 0 radical (unpaired) electrons. The maximum atomic E-state index is 13.3. The van der Waals surface area contributed by atoms with Crippen molar-refractivity contribution in [2.75, 3.05) is 42.9 Å². The fourth-order valence-electron chi connectivity index (χ4n) is 4.49. The molecule has 6 nitrogen and oxygen atoms in total. The number of thiazole rings is 1. The minimum Gasteiger partial charge on any atom is -0.370 e. The highest BCUT2D eigenvalue weighted by atomic mass is 32.1. The number of hydrogen-bond acceptors (Lipinski definition) is 5. The highest BCUT2D eigenvalue weighted by Gasteiger charge is 2.32. The third-order valence-corrected chi connectivity index (χ3v) is 7.84. The number of alkyl halides is 3. The lowest BCUT2D eigenvalue weighted by molar-refractivity contribution is -0.137. The van der Waals surface area contributed by atoms with Gasteiger partial charge in [0.25, 0.3) is 5.91 Å². The first-order chi connectivity index (χ1) is 16.8. The lowest BCUT2D eigenvalue weighted by Crippen LogP contribution is -2.44. The van der Waals surface area contributed by atoms with E-state index < -0.39 is 17.6 Å². The van der Waals surface area contributed by atoms with Gasteiger partial charge in [-0.15, -0.1) is 11.3 Å². The minimum atomic E-state index is -4.49. The average Bonchev–Trinajstić information content (AvgIpc) is 3.55. The predicted molar refractivity (Wildman–Crippen MR) is 137 cm³/mol. The molecule has 3 heterocycles. The first kappa shape index (κ1) is 25.7. The van der Waals surface area contributed by atoms with Crippen LogP contribution in [0.2, 0.25) is 0 Å². The Hall–Kier alpha value is -2.40. The molecule has 2 aliphatic heterocycles. The van der Waals surface area contributed by atoms with Gasteiger partial charge in [0.05, 0.1) is 21.9 Å². The molecule has 2 aromatic rings. The standard InChI is InChI=1S/C24H30F3N5OS2/c1-2-9-28-23(34)32-12-7-16(8-13-32)22-30-19(15-35-22)21(33)29-18-14-17(24(25,26)27)5-6-20(18)31-10-3-4-11-31/h5-6,14-16H,2-4,7-13H2,1H3,(H,28,34)(H,29,33). The van der Waals surface area contributed by atoms with Crippen molar-refractivity contribution < 1.29 is 18.0 Å². The van der Waals surface area contributed by atoms with Crippen molar-refractivity contribution in [3.8, 4) is 0 Å². The first-order valence-electron chi connectivity index (χ1n) is 12.0. The van der Waals surface area contributed by atoms with Crippen molar-refractivity contribution in [1.82, 2.24) is 15.2 Å². The van der Waals surface area contributed by atoms with E-state index in [1.165, 1.54) is 17.4 Å². The van der Waals surface area contributed by atoms with E-state index in [9.17, 15) is 18.0 Å². The monoisotopic (exact) mass is 525 g/mol. The van der Waals surface area contributed by atoms with Crippen LogP contribution >= 0.6 is 23.6 Å². The minimum absolute atomic E-state index is 0.169. The van der Waals surface area contributed by atoms with Gasteiger partial charge in [0.2, 0.25) is 0 Å². The van der Waals surface area contributed by atoms with Crippen molar-refractivity contribution in [1.29, 1.82) is 0 Å². The van der Waals surface area contributed by atoms with Crippen LogP contribution in [-0.2, 0) is 6.18 Å². The molecule has 1 aromatic heterocycles. The third-order valence-electron chi connectivity index (χ3n) is 6.43. The van der Waals surface area contributed by atoms with Crippen LogP contribution < -0.4 is 15.5 Å². The van der Waals surface area contributed by atoms with E-state index in [4.69, 9.17) is 12.2 Å². The molecule has 0 unspecified atom stereocenters. The van der Waals surface area contributed by atoms with Gasteiger partial charge in [-0.25, -0.2) is 4.98 Å². The molecule has 2 fully saturated rings. The van der Waals surface area contributed by atoms with Crippen LogP contribution in [0.3, 0.4) is 0 Å². The fourth-order valence-corrected chi connectivity index (χ4v) is 5.74. The number of carbonyl (C=O) groups excluding carboxylic acids is 1. The van der Waals surface area contributed by atoms with Crippen LogP contribution in [0.1, 0.15) is 66.0 Å². The molecule has 2 saturated heterocycles. The van der Waals surface area contributed by atoms with E-state index >= 15 is 0 Å². The summed E-state index contributed by atoms with van der Waals surface area (Å²) in [6, 6.07) is 3.54. The van der Waals surface area contributed by atoms with E-state index in [1.54, 1.807) is 5.38 Å². The normalized spacial score (nSPS) is 17.0. The molecule has 0 aliphatic carbocycles. The zero-order valence-electron chi connectivity index (χ0n) is 19.7. The molecule has 0 bridgehead atoms. The number of carbonyl (C=O) groups is 1. The molecule has 0 spiro atoms. The second-order valence-corrected chi connectivity index (χ2v) is 10.2. The maximum Gasteiger partial charge on any atom is 0.416 e. The SMILES string of the molecule is CCCNC(=S)N1CCC(c2nc(C(=O)Nc3cc(C(F)(F)F)ccc3N3CCCC3)cs2)CC1. The third kappa shape index (κ3) is 6.24. The number of rotatable bonds is 6. The summed E-state index contributed by atoms with van der Waals surface area (Å²) >= 11 is 6.88. The van der Waals surface area contributed by atoms with E-state index in [0.717, 1.165) is 87.1 Å². The Bertz CT molecular complexity index is 1040. The Morgan fingerprint density at radius 2 is 1.91 bits per heavy atom. The fraction of sp³-hybridized carbons (Fsp3) is 0.542. The highest BCUT2D eigenvalue weighted by molar-refractivity contribution is 7.80. The molecule has 2 aliphatic rings. The van der Waals surface area contributed by atoms with Crippen molar-refractivity contribution in [3.05, 3.63) is 39.8 Å². The van der Waals surface area contributed by atoms with E-state index in [0.29, 0.717) is 5.69 Å². The number of piperidine rings is 1. The number of nitrogens with one attached hydrogen (secondary N) is 2. The molecular formula is C24H30F3N5OS2. The van der Waals surface area contributed by atoms with Gasteiger partial charge in [-0.1, -0.05) is 6.92 Å². The van der Waals surface area contributed by atoms with Crippen molar-refractivity contribution in [2.45, 2.75) is 51.1 Å². The molecule has 0 atom stereocenters. The summed E-state index contributed by atoms with van der Waals surface area (Å²) in [7, 11) is 0. The smallest absolute Gasteiger partial charge is 0.370 e. The van der Waals surface area contributed by atoms with Gasteiger partial charge in [0.1, 0.15) is 5.69 Å². The van der Waals surface area contributed by atoms with Gasteiger partial charge >= 0.3 is 6.18 Å². The number of halogens is 3. The van der Waals surface area contributed by atoms with E-state index in [-0.39, 0.29) is 17.3 Å². The van der Waals surface area contributed by atoms with Crippen LogP contribution in [0.25, 0.3) is 0 Å². The molecule has 35 heavy (non-hydrogen) atoms. The van der Waals surface area contributed by atoms with E-state index in [1.807, 2.05) is 4.90 Å². The molecule has 11 heteroatoms. The van der Waals surface area contributed by atoms with Crippen molar-refractivity contribution in [2.24, 2.45) is 0 Å². The summed E-state index contributed by atoms with van der Waals surface area (Å²) in [6.07, 6.45) is 0.245. The zero-order valence-corrected chi connectivity index (χ0v) is 21.3. The van der Waals surface area contributed by atoms with Gasteiger partial charge in [-0.2, -0.15) is 13.2 Å². The molecule has 0 saturated carbocycles. The lowest BCUT2D eigenvalue weighted by Gasteiger charge is -2.33. The summed E-state index contributed by atoms with van der Waals surface area (Å²) in [5.74, 6) is -0.254. The molecular weight excluding hydrogens is 495 g/mol. The van der Waals surface area contributed by atoms with Crippen molar-refractivity contribution in [3.63, 3.8) is 0 Å². The quantitative estimate of drug-likeness (QED) is 0.487. The molecule has 4 rings (SSSR count). The highest BCUT2D eigenvalue weighted by Crippen LogP contribution is 2.37. The Morgan fingerprint density at radius 1 is 1.20 bits per heavy atom. The van der Waals surface area contributed by atoms with Crippen LogP contribution in [0.15, 0.2) is 23.6 Å². The first-order valence-corrected chi connectivity index (χ1v) is 13.3. The summed E-state index contributed by atoms with van der Waals surface area (Å²) in [6.45, 7) is 6.11. The lowest BCUT2D eigenvalue weighted by atomic mass is 9.98. The number of likely N-dealkylation sites (tertiary alicyclic amines) is 1. The average molecular weight is 526 g/mol.